The average molecular weight is 291 g/mol. The van der Waals surface area contributed by atoms with E-state index in [0.29, 0.717) is 24.1 Å². The highest BCUT2D eigenvalue weighted by molar-refractivity contribution is 7.89. The number of anilines is 1. The molecule has 0 aliphatic heterocycles. The lowest BCUT2D eigenvalue weighted by Crippen LogP contribution is -2.46. The second-order valence-corrected chi connectivity index (χ2v) is 6.65. The number of hydrogen-bond donors (Lipinski definition) is 3. The molecule has 0 unspecified atom stereocenters. The molecule has 0 spiro atoms. The molecule has 1 aromatic carbocycles. The van der Waals surface area contributed by atoms with E-state index in [1.807, 2.05) is 0 Å². The van der Waals surface area contributed by atoms with E-state index in [0.717, 1.165) is 0 Å². The lowest BCUT2D eigenvalue weighted by Gasteiger charge is -2.31. The number of aryl methyl sites for hydroxylation is 1. The van der Waals surface area contributed by atoms with Gasteiger partial charge in [-0.25, -0.2) is 13.1 Å². The minimum absolute atomic E-state index is 0.0111. The van der Waals surface area contributed by atoms with Crippen molar-refractivity contribution in [3.05, 3.63) is 22.7 Å². The Morgan fingerprint density at radius 2 is 2.06 bits per heavy atom. The predicted molar refractivity (Wildman–Crippen MR) is 70.0 cm³/mol. The average Bonchev–Trinajstić information content (AvgIpc) is 2.20. The molecule has 0 amide bonds. The Morgan fingerprint density at radius 1 is 1.44 bits per heavy atom. The standard InChI is InChI=1S/C11H15ClN2O3S/c1-6-2-7(13)3-10(11(6)12)18(16,17)14-8-4-9(15)5-8/h2-3,8-9,14-15H,4-5,13H2,1H3. The summed E-state index contributed by atoms with van der Waals surface area (Å²) < 4.78 is 26.8. The SMILES string of the molecule is Cc1cc(N)cc(S(=O)(=O)NC2CC(O)C2)c1Cl. The van der Waals surface area contributed by atoms with Gasteiger partial charge in [0, 0.05) is 11.7 Å². The number of aliphatic hydroxyl groups is 1. The number of halogens is 1. The van der Waals surface area contributed by atoms with Crippen LogP contribution in [0.25, 0.3) is 0 Å². The minimum atomic E-state index is -3.69. The summed E-state index contributed by atoms with van der Waals surface area (Å²) in [5.41, 5.74) is 6.60. The van der Waals surface area contributed by atoms with Crippen LogP contribution < -0.4 is 10.5 Å². The van der Waals surface area contributed by atoms with E-state index >= 15 is 0 Å². The Hall–Kier alpha value is -0.820. The van der Waals surface area contributed by atoms with E-state index in [1.165, 1.54) is 6.07 Å². The summed E-state index contributed by atoms with van der Waals surface area (Å²) in [6, 6.07) is 2.73. The van der Waals surface area contributed by atoms with E-state index < -0.39 is 16.1 Å². The number of sulfonamides is 1. The lowest BCUT2D eigenvalue weighted by atomic mass is 9.91. The maximum absolute atomic E-state index is 12.1. The third kappa shape index (κ3) is 2.61. The summed E-state index contributed by atoms with van der Waals surface area (Å²) in [6.07, 6.45) is 0.437. The zero-order chi connectivity index (χ0) is 13.5. The van der Waals surface area contributed by atoms with Crippen LogP contribution in [0.5, 0.6) is 0 Å². The summed E-state index contributed by atoms with van der Waals surface area (Å²) in [6.45, 7) is 1.70. The molecule has 1 aromatic rings. The van der Waals surface area contributed by atoms with Gasteiger partial charge in [-0.3, -0.25) is 0 Å². The Labute approximate surface area is 111 Å². The molecule has 1 aliphatic rings. The molecule has 0 bridgehead atoms. The van der Waals surface area contributed by atoms with Crippen LogP contribution in [-0.2, 0) is 10.0 Å². The summed E-state index contributed by atoms with van der Waals surface area (Å²) in [7, 11) is -3.69. The highest BCUT2D eigenvalue weighted by atomic mass is 35.5. The van der Waals surface area contributed by atoms with Crippen molar-refractivity contribution in [2.45, 2.75) is 36.8 Å². The van der Waals surface area contributed by atoms with Gasteiger partial charge >= 0.3 is 0 Å². The van der Waals surface area contributed by atoms with Gasteiger partial charge in [-0.15, -0.1) is 0 Å². The molecule has 5 nitrogen and oxygen atoms in total. The largest absolute Gasteiger partial charge is 0.399 e. The van der Waals surface area contributed by atoms with Crippen LogP contribution in [0, 0.1) is 6.92 Å². The molecule has 1 fully saturated rings. The van der Waals surface area contributed by atoms with Gasteiger partial charge in [-0.2, -0.15) is 0 Å². The first-order valence-corrected chi connectivity index (χ1v) is 7.41. The van der Waals surface area contributed by atoms with Gasteiger partial charge in [0.05, 0.1) is 11.1 Å². The monoisotopic (exact) mass is 290 g/mol. The minimum Gasteiger partial charge on any atom is -0.399 e. The highest BCUT2D eigenvalue weighted by Crippen LogP contribution is 2.29. The molecule has 100 valence electrons. The highest BCUT2D eigenvalue weighted by Gasteiger charge is 2.32. The maximum atomic E-state index is 12.1. The Balaban J connectivity index is 2.29. The van der Waals surface area contributed by atoms with Gasteiger partial charge in [0.25, 0.3) is 0 Å². The molecule has 7 heteroatoms. The quantitative estimate of drug-likeness (QED) is 0.725. The zero-order valence-corrected chi connectivity index (χ0v) is 11.4. The van der Waals surface area contributed by atoms with Gasteiger partial charge < -0.3 is 10.8 Å². The maximum Gasteiger partial charge on any atom is 0.242 e. The first kappa shape index (κ1) is 13.6. The molecule has 4 N–H and O–H groups in total. The summed E-state index contributed by atoms with van der Waals surface area (Å²) in [4.78, 5) is -0.0111. The van der Waals surface area contributed by atoms with Crippen molar-refractivity contribution < 1.29 is 13.5 Å². The second kappa shape index (κ2) is 4.70. The number of nitrogen functional groups attached to an aromatic ring is 1. The fraction of sp³-hybridized carbons (Fsp3) is 0.455. The Bertz CT molecular complexity index is 568. The number of nitrogens with one attached hydrogen (secondary N) is 1. The van der Waals surface area contributed by atoms with Crippen LogP contribution in [0.15, 0.2) is 17.0 Å². The molecule has 0 atom stereocenters. The van der Waals surface area contributed by atoms with Crippen molar-refractivity contribution in [3.63, 3.8) is 0 Å². The van der Waals surface area contributed by atoms with Gasteiger partial charge in [0.1, 0.15) is 4.90 Å². The normalized spacial score (nSPS) is 23.7. The fourth-order valence-electron chi connectivity index (χ4n) is 1.93. The van der Waals surface area contributed by atoms with Crippen molar-refractivity contribution in [2.24, 2.45) is 0 Å². The van der Waals surface area contributed by atoms with Gasteiger partial charge in [0.15, 0.2) is 0 Å². The molecule has 2 rings (SSSR count). The topological polar surface area (TPSA) is 92.4 Å². The lowest BCUT2D eigenvalue weighted by molar-refractivity contribution is 0.0712. The predicted octanol–water partition coefficient (Wildman–Crippen LogP) is 1.03. The van der Waals surface area contributed by atoms with Crippen LogP contribution in [0.3, 0.4) is 0 Å². The van der Waals surface area contributed by atoms with Crippen molar-refractivity contribution in [1.82, 2.24) is 4.72 Å². The second-order valence-electron chi connectivity index (χ2n) is 4.59. The number of benzene rings is 1. The van der Waals surface area contributed by atoms with Crippen LogP contribution in [0.4, 0.5) is 5.69 Å². The third-order valence-corrected chi connectivity index (χ3v) is 5.13. The number of hydrogen-bond acceptors (Lipinski definition) is 4. The van der Waals surface area contributed by atoms with E-state index in [-0.39, 0.29) is 16.0 Å². The van der Waals surface area contributed by atoms with E-state index in [9.17, 15) is 8.42 Å². The smallest absolute Gasteiger partial charge is 0.242 e. The Kier molecular flexibility index (Phi) is 3.55. The zero-order valence-electron chi connectivity index (χ0n) is 9.85. The molecule has 1 saturated carbocycles. The van der Waals surface area contributed by atoms with Crippen molar-refractivity contribution in [3.8, 4) is 0 Å². The molecule has 1 aliphatic carbocycles. The van der Waals surface area contributed by atoms with Gasteiger partial charge in [-0.05, 0) is 37.5 Å². The van der Waals surface area contributed by atoms with Crippen LogP contribution in [0.2, 0.25) is 5.02 Å². The Morgan fingerprint density at radius 3 is 2.61 bits per heavy atom. The molecule has 0 heterocycles. The fourth-order valence-corrected chi connectivity index (χ4v) is 3.79. The number of aliphatic hydroxyl groups excluding tert-OH is 1. The molecular weight excluding hydrogens is 276 g/mol. The summed E-state index contributed by atoms with van der Waals surface area (Å²) >= 11 is 6.00. The molecule has 0 radical (unpaired) electrons. The van der Waals surface area contributed by atoms with Crippen LogP contribution in [0.1, 0.15) is 18.4 Å². The van der Waals surface area contributed by atoms with Crippen LogP contribution in [-0.4, -0.2) is 25.7 Å². The van der Waals surface area contributed by atoms with Gasteiger partial charge in [0.2, 0.25) is 10.0 Å². The van der Waals surface area contributed by atoms with E-state index in [2.05, 4.69) is 4.72 Å². The molecule has 0 saturated heterocycles. The van der Waals surface area contributed by atoms with Crippen molar-refractivity contribution >= 4 is 27.3 Å². The van der Waals surface area contributed by atoms with Crippen LogP contribution >= 0.6 is 11.6 Å². The third-order valence-electron chi connectivity index (χ3n) is 2.97. The first-order chi connectivity index (χ1) is 8.29. The van der Waals surface area contributed by atoms with E-state index in [1.54, 1.807) is 13.0 Å². The molecular formula is C11H15ClN2O3S. The number of rotatable bonds is 3. The molecule has 18 heavy (non-hydrogen) atoms. The molecule has 0 aromatic heterocycles. The van der Waals surface area contributed by atoms with E-state index in [4.69, 9.17) is 22.4 Å². The summed E-state index contributed by atoms with van der Waals surface area (Å²) in [5, 5.41) is 9.33. The first-order valence-electron chi connectivity index (χ1n) is 5.55. The van der Waals surface area contributed by atoms with Gasteiger partial charge in [-0.1, -0.05) is 11.6 Å². The van der Waals surface area contributed by atoms with Crippen molar-refractivity contribution in [2.75, 3.05) is 5.73 Å². The summed E-state index contributed by atoms with van der Waals surface area (Å²) in [5.74, 6) is 0. The number of nitrogens with two attached hydrogens (primary N) is 1. The van der Waals surface area contributed by atoms with Crippen molar-refractivity contribution in [1.29, 1.82) is 0 Å².